The molecule has 7 heteroatoms. The van der Waals surface area contributed by atoms with Crippen molar-refractivity contribution in [2.75, 3.05) is 20.2 Å². The van der Waals surface area contributed by atoms with Gasteiger partial charge in [-0.25, -0.2) is 8.42 Å². The zero-order chi connectivity index (χ0) is 18.3. The zero-order valence-electron chi connectivity index (χ0n) is 14.3. The molecule has 0 aliphatic rings. The predicted octanol–water partition coefficient (Wildman–Crippen LogP) is 2.02. The minimum absolute atomic E-state index is 0.131. The summed E-state index contributed by atoms with van der Waals surface area (Å²) < 4.78 is 31.5. The summed E-state index contributed by atoms with van der Waals surface area (Å²) in [5, 5.41) is 2.74. The number of hydrogen-bond acceptors (Lipinski definition) is 4. The SMILES string of the molecule is CCN(CC(=O)NCc1ccccc1)S(=O)(=O)c1ccc(OC)cc1. The lowest BCUT2D eigenvalue weighted by atomic mass is 10.2. The summed E-state index contributed by atoms with van der Waals surface area (Å²) in [6, 6.07) is 15.6. The first kappa shape index (κ1) is 19.0. The van der Waals surface area contributed by atoms with Gasteiger partial charge in [-0.3, -0.25) is 4.79 Å². The Morgan fingerprint density at radius 2 is 1.72 bits per heavy atom. The zero-order valence-corrected chi connectivity index (χ0v) is 15.1. The van der Waals surface area contributed by atoms with Crippen LogP contribution in [0.25, 0.3) is 0 Å². The summed E-state index contributed by atoms with van der Waals surface area (Å²) in [6.07, 6.45) is 0. The lowest BCUT2D eigenvalue weighted by Gasteiger charge is -2.20. The number of carbonyl (C=O) groups is 1. The predicted molar refractivity (Wildman–Crippen MR) is 95.7 cm³/mol. The molecular formula is C18H22N2O4S. The number of methoxy groups -OCH3 is 1. The molecule has 1 N–H and O–H groups in total. The molecule has 1 amide bonds. The van der Waals surface area contributed by atoms with Crippen molar-refractivity contribution in [1.82, 2.24) is 9.62 Å². The third-order valence-electron chi connectivity index (χ3n) is 3.70. The third kappa shape index (κ3) is 5.04. The highest BCUT2D eigenvalue weighted by Gasteiger charge is 2.25. The van der Waals surface area contributed by atoms with E-state index < -0.39 is 10.0 Å². The molecule has 0 spiro atoms. The van der Waals surface area contributed by atoms with E-state index in [1.807, 2.05) is 30.3 Å². The van der Waals surface area contributed by atoms with Crippen LogP contribution in [0, 0.1) is 0 Å². The van der Waals surface area contributed by atoms with E-state index >= 15 is 0 Å². The van der Waals surface area contributed by atoms with Gasteiger partial charge in [0.15, 0.2) is 0 Å². The molecule has 2 rings (SSSR count). The lowest BCUT2D eigenvalue weighted by molar-refractivity contribution is -0.121. The molecule has 0 saturated heterocycles. The van der Waals surface area contributed by atoms with Crippen LogP contribution in [0.4, 0.5) is 0 Å². The topological polar surface area (TPSA) is 75.7 Å². The Kier molecular flexibility index (Phi) is 6.55. The van der Waals surface area contributed by atoms with E-state index in [4.69, 9.17) is 4.74 Å². The smallest absolute Gasteiger partial charge is 0.243 e. The number of hydrogen-bond donors (Lipinski definition) is 1. The van der Waals surface area contributed by atoms with Crippen LogP contribution in [0.3, 0.4) is 0 Å². The molecule has 0 fully saturated rings. The fourth-order valence-electron chi connectivity index (χ4n) is 2.28. The Labute approximate surface area is 148 Å². The molecule has 0 aliphatic carbocycles. The summed E-state index contributed by atoms with van der Waals surface area (Å²) in [5.41, 5.74) is 0.955. The van der Waals surface area contributed by atoms with E-state index in [9.17, 15) is 13.2 Å². The van der Waals surface area contributed by atoms with Crippen molar-refractivity contribution in [3.05, 3.63) is 60.2 Å². The summed E-state index contributed by atoms with van der Waals surface area (Å²) in [7, 11) is -2.22. The maximum Gasteiger partial charge on any atom is 0.243 e. The molecular weight excluding hydrogens is 340 g/mol. The molecule has 2 aromatic carbocycles. The van der Waals surface area contributed by atoms with Gasteiger partial charge >= 0.3 is 0 Å². The van der Waals surface area contributed by atoms with Gasteiger partial charge in [0.2, 0.25) is 15.9 Å². The molecule has 0 radical (unpaired) electrons. The third-order valence-corrected chi connectivity index (χ3v) is 5.64. The van der Waals surface area contributed by atoms with Gasteiger partial charge in [0.1, 0.15) is 5.75 Å². The molecule has 0 aromatic heterocycles. The molecule has 2 aromatic rings. The molecule has 0 atom stereocenters. The van der Waals surface area contributed by atoms with Crippen LogP contribution in [0.15, 0.2) is 59.5 Å². The standard InChI is InChI=1S/C18H22N2O4S/c1-3-20(14-18(21)19-13-15-7-5-4-6-8-15)25(22,23)17-11-9-16(24-2)10-12-17/h4-12H,3,13-14H2,1-2H3,(H,19,21). The van der Waals surface area contributed by atoms with E-state index in [0.717, 1.165) is 9.87 Å². The minimum atomic E-state index is -3.74. The number of nitrogens with one attached hydrogen (secondary N) is 1. The first-order valence-corrected chi connectivity index (χ1v) is 9.36. The summed E-state index contributed by atoms with van der Waals surface area (Å²) in [6.45, 7) is 2.04. The second-order valence-electron chi connectivity index (χ2n) is 5.37. The number of carbonyl (C=O) groups excluding carboxylic acids is 1. The first-order chi connectivity index (χ1) is 12.0. The maximum absolute atomic E-state index is 12.7. The fourth-order valence-corrected chi connectivity index (χ4v) is 3.68. The Hall–Kier alpha value is -2.38. The molecule has 25 heavy (non-hydrogen) atoms. The van der Waals surface area contributed by atoms with Crippen LogP contribution >= 0.6 is 0 Å². The average Bonchev–Trinajstić information content (AvgIpc) is 2.65. The Balaban J connectivity index is 2.03. The molecule has 0 heterocycles. The van der Waals surface area contributed by atoms with Crippen LogP contribution in [-0.4, -0.2) is 38.8 Å². The van der Waals surface area contributed by atoms with Crippen molar-refractivity contribution in [1.29, 1.82) is 0 Å². The number of likely N-dealkylation sites (N-methyl/N-ethyl adjacent to an activating group) is 1. The number of sulfonamides is 1. The van der Waals surface area contributed by atoms with Crippen LogP contribution in [0.5, 0.6) is 5.75 Å². The van der Waals surface area contributed by atoms with E-state index in [2.05, 4.69) is 5.32 Å². The maximum atomic E-state index is 12.7. The van der Waals surface area contributed by atoms with E-state index in [1.54, 1.807) is 19.1 Å². The number of amides is 1. The number of ether oxygens (including phenoxy) is 1. The minimum Gasteiger partial charge on any atom is -0.497 e. The highest BCUT2D eigenvalue weighted by Crippen LogP contribution is 2.19. The number of rotatable bonds is 8. The lowest BCUT2D eigenvalue weighted by Crippen LogP contribution is -2.40. The van der Waals surface area contributed by atoms with Gasteiger partial charge in [-0.15, -0.1) is 0 Å². The highest BCUT2D eigenvalue weighted by molar-refractivity contribution is 7.89. The van der Waals surface area contributed by atoms with Gasteiger partial charge in [-0.1, -0.05) is 37.3 Å². The van der Waals surface area contributed by atoms with Gasteiger partial charge in [-0.2, -0.15) is 4.31 Å². The molecule has 0 aliphatic heterocycles. The molecule has 6 nitrogen and oxygen atoms in total. The van der Waals surface area contributed by atoms with Crippen LogP contribution in [0.1, 0.15) is 12.5 Å². The second-order valence-corrected chi connectivity index (χ2v) is 7.31. The Bertz CT molecular complexity index is 790. The van der Waals surface area contributed by atoms with Crippen molar-refractivity contribution in [3.63, 3.8) is 0 Å². The Morgan fingerprint density at radius 1 is 1.08 bits per heavy atom. The molecule has 0 unspecified atom stereocenters. The van der Waals surface area contributed by atoms with E-state index in [0.29, 0.717) is 12.3 Å². The van der Waals surface area contributed by atoms with Crippen molar-refractivity contribution in [2.45, 2.75) is 18.4 Å². The van der Waals surface area contributed by atoms with Crippen LogP contribution < -0.4 is 10.1 Å². The average molecular weight is 362 g/mol. The Morgan fingerprint density at radius 3 is 2.28 bits per heavy atom. The summed E-state index contributed by atoms with van der Waals surface area (Å²) in [4.78, 5) is 12.3. The monoisotopic (exact) mass is 362 g/mol. The molecule has 0 bridgehead atoms. The van der Waals surface area contributed by atoms with Crippen LogP contribution in [-0.2, 0) is 21.4 Å². The van der Waals surface area contributed by atoms with Crippen LogP contribution in [0.2, 0.25) is 0 Å². The summed E-state index contributed by atoms with van der Waals surface area (Å²) in [5.74, 6) is 0.227. The van der Waals surface area contributed by atoms with Crippen molar-refractivity contribution in [2.24, 2.45) is 0 Å². The molecule has 134 valence electrons. The van der Waals surface area contributed by atoms with E-state index in [-0.39, 0.29) is 23.9 Å². The van der Waals surface area contributed by atoms with Gasteiger partial charge in [0, 0.05) is 13.1 Å². The quantitative estimate of drug-likeness (QED) is 0.780. The van der Waals surface area contributed by atoms with Crippen molar-refractivity contribution >= 4 is 15.9 Å². The largest absolute Gasteiger partial charge is 0.497 e. The first-order valence-electron chi connectivity index (χ1n) is 7.92. The highest BCUT2D eigenvalue weighted by atomic mass is 32.2. The normalized spacial score (nSPS) is 11.3. The van der Waals surface area contributed by atoms with Crippen molar-refractivity contribution < 1.29 is 17.9 Å². The molecule has 0 saturated carbocycles. The van der Waals surface area contributed by atoms with Gasteiger partial charge in [-0.05, 0) is 29.8 Å². The van der Waals surface area contributed by atoms with Gasteiger partial charge < -0.3 is 10.1 Å². The fraction of sp³-hybridized carbons (Fsp3) is 0.278. The summed E-state index contributed by atoms with van der Waals surface area (Å²) >= 11 is 0. The van der Waals surface area contributed by atoms with Gasteiger partial charge in [0.05, 0.1) is 18.6 Å². The van der Waals surface area contributed by atoms with E-state index in [1.165, 1.54) is 19.2 Å². The number of benzene rings is 2. The van der Waals surface area contributed by atoms with Crippen molar-refractivity contribution in [3.8, 4) is 5.75 Å². The van der Waals surface area contributed by atoms with Gasteiger partial charge in [0.25, 0.3) is 0 Å². The number of nitrogens with zero attached hydrogens (tertiary/aromatic N) is 1. The second kappa shape index (κ2) is 8.64.